The third-order valence-electron chi connectivity index (χ3n) is 7.26. The van der Waals surface area contributed by atoms with Gasteiger partial charge in [0, 0.05) is 55.6 Å². The molecule has 2 heterocycles. The second kappa shape index (κ2) is 14.0. The van der Waals surface area contributed by atoms with Crippen molar-refractivity contribution in [1.29, 1.82) is 0 Å². The van der Waals surface area contributed by atoms with Gasteiger partial charge in [-0.15, -0.1) is 12.4 Å². The lowest BCUT2D eigenvalue weighted by Gasteiger charge is -2.38. The number of rotatable bonds is 8. The van der Waals surface area contributed by atoms with E-state index in [1.807, 2.05) is 42.5 Å². The Morgan fingerprint density at radius 1 is 1.02 bits per heavy atom. The van der Waals surface area contributed by atoms with Crippen LogP contribution in [0.5, 0.6) is 11.6 Å². The maximum Gasteiger partial charge on any atom is 0.326 e. The lowest BCUT2D eigenvalue weighted by molar-refractivity contribution is 0.199. The van der Waals surface area contributed by atoms with E-state index in [-0.39, 0.29) is 35.2 Å². The highest BCUT2D eigenvalue weighted by Gasteiger charge is 2.29. The van der Waals surface area contributed by atoms with Crippen molar-refractivity contribution in [2.24, 2.45) is 0 Å². The van der Waals surface area contributed by atoms with Crippen LogP contribution in [0.2, 0.25) is 0 Å². The smallest absolute Gasteiger partial charge is 0.326 e. The lowest BCUT2D eigenvalue weighted by atomic mass is 10.0. The van der Waals surface area contributed by atoms with Crippen molar-refractivity contribution in [1.82, 2.24) is 9.88 Å². The molecule has 11 heteroatoms. The van der Waals surface area contributed by atoms with Gasteiger partial charge in [-0.2, -0.15) is 0 Å². The summed E-state index contributed by atoms with van der Waals surface area (Å²) in [4.78, 5) is 22.2. The summed E-state index contributed by atoms with van der Waals surface area (Å²) in [5, 5.41) is 2.91. The van der Waals surface area contributed by atoms with Crippen LogP contribution >= 0.6 is 12.4 Å². The zero-order valence-corrected chi connectivity index (χ0v) is 25.6. The van der Waals surface area contributed by atoms with Gasteiger partial charge in [-0.05, 0) is 85.5 Å². The Bertz CT molecular complexity index is 1630. The van der Waals surface area contributed by atoms with Gasteiger partial charge >= 0.3 is 6.03 Å². The van der Waals surface area contributed by atoms with Crippen LogP contribution < -0.4 is 15.0 Å². The van der Waals surface area contributed by atoms with E-state index in [4.69, 9.17) is 4.74 Å². The fourth-order valence-electron chi connectivity index (χ4n) is 5.04. The number of sulfone groups is 1. The van der Waals surface area contributed by atoms with Gasteiger partial charge in [0.15, 0.2) is 9.84 Å². The molecule has 3 aromatic carbocycles. The number of hydrogen-bond acceptors (Lipinski definition) is 6. The zero-order valence-electron chi connectivity index (χ0n) is 23.9. The number of ether oxygens (including phenoxy) is 1. The molecule has 1 aromatic heterocycles. The first-order valence-corrected chi connectivity index (χ1v) is 15.6. The van der Waals surface area contributed by atoms with Crippen molar-refractivity contribution in [3.63, 3.8) is 0 Å². The SMILES string of the molecule is Cc1cc(S(C)(=O)=O)ccc1Oc1ccc(CN2CCC(N(C(=O)Nc3ccc(F)cc3)c3ccccc3)CC2)cn1.Cl. The second-order valence-electron chi connectivity index (χ2n) is 10.5. The number of carbonyl (C=O) groups is 1. The van der Waals surface area contributed by atoms with E-state index < -0.39 is 9.84 Å². The Hall–Kier alpha value is -3.99. The number of nitrogens with zero attached hydrogens (tertiary/aromatic N) is 3. The van der Waals surface area contributed by atoms with Crippen molar-refractivity contribution in [3.05, 3.63) is 108 Å². The Labute approximate surface area is 257 Å². The van der Waals surface area contributed by atoms with Crippen LogP contribution in [-0.4, -0.2) is 49.7 Å². The highest BCUT2D eigenvalue weighted by atomic mass is 35.5. The molecule has 0 radical (unpaired) electrons. The highest BCUT2D eigenvalue weighted by Crippen LogP contribution is 2.28. The van der Waals surface area contributed by atoms with Crippen molar-refractivity contribution >= 4 is 39.7 Å². The third-order valence-corrected chi connectivity index (χ3v) is 8.37. The maximum atomic E-state index is 13.4. The maximum absolute atomic E-state index is 13.4. The number of piperidine rings is 1. The minimum Gasteiger partial charge on any atom is -0.439 e. The van der Waals surface area contributed by atoms with Crippen LogP contribution in [0.25, 0.3) is 0 Å². The molecule has 0 spiro atoms. The van der Waals surface area contributed by atoms with Crippen LogP contribution in [0.15, 0.2) is 96.0 Å². The van der Waals surface area contributed by atoms with Crippen LogP contribution in [0.3, 0.4) is 0 Å². The number of aryl methyl sites for hydroxylation is 1. The molecule has 226 valence electrons. The molecule has 4 aromatic rings. The van der Waals surface area contributed by atoms with E-state index in [0.29, 0.717) is 22.9 Å². The van der Waals surface area contributed by atoms with Crippen LogP contribution in [0.4, 0.5) is 20.6 Å². The molecular weight excluding hydrogens is 591 g/mol. The van der Waals surface area contributed by atoms with Crippen molar-refractivity contribution in [2.75, 3.05) is 29.6 Å². The van der Waals surface area contributed by atoms with Gasteiger partial charge < -0.3 is 10.1 Å². The van der Waals surface area contributed by atoms with Gasteiger partial charge in [0.25, 0.3) is 0 Å². The Kier molecular flexibility index (Phi) is 10.4. The van der Waals surface area contributed by atoms with Gasteiger partial charge in [-0.3, -0.25) is 9.80 Å². The topological polar surface area (TPSA) is 91.8 Å². The summed E-state index contributed by atoms with van der Waals surface area (Å²) in [5.74, 6) is 0.628. The summed E-state index contributed by atoms with van der Waals surface area (Å²) in [5.41, 5.74) is 3.11. The molecular formula is C32H34ClFN4O4S. The molecule has 1 aliphatic heterocycles. The number of carbonyl (C=O) groups excluding carboxylic acids is 1. The van der Waals surface area contributed by atoms with E-state index in [1.54, 1.807) is 42.3 Å². The number of urea groups is 1. The van der Waals surface area contributed by atoms with E-state index >= 15 is 0 Å². The second-order valence-corrected chi connectivity index (χ2v) is 12.5. The fraction of sp³-hybridized carbons (Fsp3) is 0.250. The predicted molar refractivity (Wildman–Crippen MR) is 168 cm³/mol. The van der Waals surface area contributed by atoms with E-state index in [1.165, 1.54) is 24.5 Å². The first-order valence-electron chi connectivity index (χ1n) is 13.7. The minimum absolute atomic E-state index is 0. The van der Waals surface area contributed by atoms with Gasteiger partial charge in [0.05, 0.1) is 4.90 Å². The van der Waals surface area contributed by atoms with Crippen LogP contribution in [0, 0.1) is 12.7 Å². The molecule has 43 heavy (non-hydrogen) atoms. The number of para-hydroxylation sites is 1. The Morgan fingerprint density at radius 3 is 2.33 bits per heavy atom. The van der Waals surface area contributed by atoms with Crippen LogP contribution in [0.1, 0.15) is 24.0 Å². The molecule has 0 bridgehead atoms. The predicted octanol–water partition coefficient (Wildman–Crippen LogP) is 6.85. The molecule has 1 fully saturated rings. The number of benzene rings is 3. The molecule has 2 amide bonds. The minimum atomic E-state index is -3.29. The Balaban J connectivity index is 0.00000423. The quantitative estimate of drug-likeness (QED) is 0.231. The van der Waals surface area contributed by atoms with Gasteiger partial charge in [-0.1, -0.05) is 24.3 Å². The van der Waals surface area contributed by atoms with Gasteiger partial charge in [0.2, 0.25) is 5.88 Å². The lowest BCUT2D eigenvalue weighted by Crippen LogP contribution is -2.49. The number of amides is 2. The summed E-state index contributed by atoms with van der Waals surface area (Å²) in [6.07, 6.45) is 4.55. The van der Waals surface area contributed by atoms with Gasteiger partial charge in [-0.25, -0.2) is 22.6 Å². The van der Waals surface area contributed by atoms with E-state index in [2.05, 4.69) is 15.2 Å². The molecule has 8 nitrogen and oxygen atoms in total. The fourth-order valence-corrected chi connectivity index (χ4v) is 5.74. The molecule has 1 saturated heterocycles. The summed E-state index contributed by atoms with van der Waals surface area (Å²) in [6.45, 7) is 4.13. The summed E-state index contributed by atoms with van der Waals surface area (Å²) >= 11 is 0. The summed E-state index contributed by atoms with van der Waals surface area (Å²) < 4.78 is 42.8. The van der Waals surface area contributed by atoms with E-state index in [0.717, 1.165) is 43.7 Å². The summed E-state index contributed by atoms with van der Waals surface area (Å²) in [6, 6.07) is 23.7. The van der Waals surface area contributed by atoms with Crippen molar-refractivity contribution < 1.29 is 22.3 Å². The molecule has 0 saturated carbocycles. The number of halogens is 2. The molecule has 0 aliphatic carbocycles. The molecule has 5 rings (SSSR count). The number of nitrogens with one attached hydrogen (secondary N) is 1. The first kappa shape index (κ1) is 31.9. The van der Waals surface area contributed by atoms with Crippen molar-refractivity contribution in [2.45, 2.75) is 37.2 Å². The molecule has 1 aliphatic rings. The highest BCUT2D eigenvalue weighted by molar-refractivity contribution is 7.90. The van der Waals surface area contributed by atoms with Crippen LogP contribution in [-0.2, 0) is 16.4 Å². The normalized spacial score (nSPS) is 14.0. The molecule has 1 N–H and O–H groups in total. The van der Waals surface area contributed by atoms with E-state index in [9.17, 15) is 17.6 Å². The average Bonchev–Trinajstić information content (AvgIpc) is 2.97. The number of hydrogen-bond donors (Lipinski definition) is 1. The first-order chi connectivity index (χ1) is 20.2. The average molecular weight is 625 g/mol. The number of likely N-dealkylation sites (tertiary alicyclic amines) is 1. The number of anilines is 2. The molecule has 0 unspecified atom stereocenters. The standard InChI is InChI=1S/C32H33FN4O4S.ClH/c1-23-20-29(42(2,39)40)13-14-30(23)41-31-15-8-24(21-34-31)22-36-18-16-28(17-19-36)37(27-6-4-3-5-7-27)32(38)35-26-11-9-25(33)10-12-26;/h3-15,20-21,28H,16-19,22H2,1-2H3,(H,35,38);1H. The third kappa shape index (κ3) is 8.31. The number of pyridine rings is 1. The molecule has 0 atom stereocenters. The zero-order chi connectivity index (χ0) is 29.7. The Morgan fingerprint density at radius 2 is 1.72 bits per heavy atom. The number of aromatic nitrogens is 1. The largest absolute Gasteiger partial charge is 0.439 e. The summed E-state index contributed by atoms with van der Waals surface area (Å²) in [7, 11) is -3.29. The monoisotopic (exact) mass is 624 g/mol. The van der Waals surface area contributed by atoms with Gasteiger partial charge in [0.1, 0.15) is 11.6 Å². The van der Waals surface area contributed by atoms with Crippen molar-refractivity contribution in [3.8, 4) is 11.6 Å².